The predicted octanol–water partition coefficient (Wildman–Crippen LogP) is 2.03. The Morgan fingerprint density at radius 1 is 1.00 bits per heavy atom. The summed E-state index contributed by atoms with van der Waals surface area (Å²) in [7, 11) is 1.37. The van der Waals surface area contributed by atoms with Gasteiger partial charge in [-0.05, 0) is 30.3 Å². The quantitative estimate of drug-likeness (QED) is 0.597. The molecule has 0 saturated heterocycles. The maximum atomic E-state index is 11.7. The molecule has 1 aliphatic rings. The van der Waals surface area contributed by atoms with Crippen molar-refractivity contribution in [1.29, 1.82) is 5.26 Å². The number of nitrogens with zero attached hydrogens (tertiary/aromatic N) is 1. The van der Waals surface area contributed by atoms with E-state index in [2.05, 4.69) is 22.2 Å². The van der Waals surface area contributed by atoms with Gasteiger partial charge in [-0.1, -0.05) is 42.5 Å². The fourth-order valence-corrected chi connectivity index (χ4v) is 3.21. The SMILES string of the molecule is COC(=O)c1ccc(C2=c3ccccc3=C(Nc3cccc(C#N)c3)NN2)cc1.[HH]. The number of carbonyl (C=O) groups is 1. The van der Waals surface area contributed by atoms with Crippen molar-refractivity contribution >= 4 is 23.2 Å². The first-order valence-corrected chi connectivity index (χ1v) is 9.01. The highest BCUT2D eigenvalue weighted by Gasteiger charge is 2.13. The maximum absolute atomic E-state index is 11.7. The van der Waals surface area contributed by atoms with Crippen LogP contribution < -0.4 is 26.6 Å². The first kappa shape index (κ1) is 18.1. The molecule has 3 aromatic rings. The van der Waals surface area contributed by atoms with Crippen LogP contribution in [-0.2, 0) is 4.74 Å². The molecule has 0 saturated carbocycles. The molecule has 1 heterocycles. The number of hydrazine groups is 1. The van der Waals surface area contributed by atoms with Gasteiger partial charge in [-0.2, -0.15) is 5.26 Å². The summed E-state index contributed by atoms with van der Waals surface area (Å²) in [6.45, 7) is 0. The summed E-state index contributed by atoms with van der Waals surface area (Å²) in [5, 5.41) is 14.4. The van der Waals surface area contributed by atoms with Gasteiger partial charge < -0.3 is 10.1 Å². The molecule has 0 spiro atoms. The van der Waals surface area contributed by atoms with Gasteiger partial charge in [-0.25, -0.2) is 4.79 Å². The summed E-state index contributed by atoms with van der Waals surface area (Å²) < 4.78 is 4.76. The molecule has 0 bridgehead atoms. The zero-order valence-electron chi connectivity index (χ0n) is 15.7. The molecule has 0 unspecified atom stereocenters. The third kappa shape index (κ3) is 3.62. The van der Waals surface area contributed by atoms with Crippen LogP contribution in [0.3, 0.4) is 0 Å². The van der Waals surface area contributed by atoms with Crippen LogP contribution in [0.2, 0.25) is 0 Å². The van der Waals surface area contributed by atoms with Gasteiger partial charge in [0.2, 0.25) is 0 Å². The van der Waals surface area contributed by atoms with E-state index in [1.165, 1.54) is 7.11 Å². The van der Waals surface area contributed by atoms with Gasteiger partial charge >= 0.3 is 5.97 Å². The summed E-state index contributed by atoms with van der Waals surface area (Å²) in [6, 6.07) is 24.7. The Labute approximate surface area is 169 Å². The van der Waals surface area contributed by atoms with Crippen LogP contribution in [0.1, 0.15) is 22.9 Å². The number of nitriles is 1. The Hall–Kier alpha value is -4.24. The molecule has 0 aromatic heterocycles. The van der Waals surface area contributed by atoms with Crippen molar-refractivity contribution < 1.29 is 11.0 Å². The molecule has 29 heavy (non-hydrogen) atoms. The van der Waals surface area contributed by atoms with Crippen molar-refractivity contribution in [2.45, 2.75) is 0 Å². The van der Waals surface area contributed by atoms with Crippen LogP contribution in [0.25, 0.3) is 11.5 Å². The number of ether oxygens (including phenoxy) is 1. The average molecular weight is 384 g/mol. The van der Waals surface area contributed by atoms with E-state index < -0.39 is 0 Å². The smallest absolute Gasteiger partial charge is 0.337 e. The van der Waals surface area contributed by atoms with Crippen molar-refractivity contribution in [1.82, 2.24) is 10.9 Å². The number of rotatable bonds is 4. The molecule has 6 heteroatoms. The van der Waals surface area contributed by atoms with Crippen molar-refractivity contribution in [3.05, 3.63) is 99.9 Å². The number of anilines is 1. The number of carbonyl (C=O) groups excluding carboxylic acids is 1. The Kier molecular flexibility index (Phi) is 4.87. The fraction of sp³-hybridized carbons (Fsp3) is 0.0435. The lowest BCUT2D eigenvalue weighted by molar-refractivity contribution is 0.0600. The van der Waals surface area contributed by atoms with Crippen LogP contribution in [0, 0.1) is 11.3 Å². The Morgan fingerprint density at radius 2 is 1.76 bits per heavy atom. The van der Waals surface area contributed by atoms with Crippen LogP contribution in [0.4, 0.5) is 5.69 Å². The summed E-state index contributed by atoms with van der Waals surface area (Å²) >= 11 is 0. The van der Waals surface area contributed by atoms with Crippen LogP contribution >= 0.6 is 0 Å². The predicted molar refractivity (Wildman–Crippen MR) is 113 cm³/mol. The molecule has 4 rings (SSSR count). The number of benzene rings is 3. The number of fused-ring (bicyclic) bond motifs is 1. The summed E-state index contributed by atoms with van der Waals surface area (Å²) in [4.78, 5) is 11.7. The van der Waals surface area contributed by atoms with Crippen LogP contribution in [0.5, 0.6) is 0 Å². The number of nitrogens with one attached hydrogen (secondary N) is 3. The van der Waals surface area contributed by atoms with E-state index in [-0.39, 0.29) is 7.40 Å². The Bertz CT molecular complexity index is 1250. The van der Waals surface area contributed by atoms with Gasteiger partial charge in [0.15, 0.2) is 0 Å². The molecule has 6 nitrogen and oxygen atoms in total. The minimum absolute atomic E-state index is 0. The largest absolute Gasteiger partial charge is 0.465 e. The second kappa shape index (κ2) is 7.79. The first-order valence-electron chi connectivity index (χ1n) is 9.01. The lowest BCUT2D eigenvalue weighted by Gasteiger charge is -2.22. The molecule has 1 aliphatic heterocycles. The van der Waals surface area contributed by atoms with Crippen molar-refractivity contribution in [2.75, 3.05) is 12.4 Å². The molecule has 144 valence electrons. The minimum Gasteiger partial charge on any atom is -0.465 e. The summed E-state index contributed by atoms with van der Waals surface area (Å²) in [5.74, 6) is 0.418. The Balaban J connectivity index is 0.00000256. The van der Waals surface area contributed by atoms with E-state index in [1.54, 1.807) is 24.3 Å². The molecule has 3 aromatic carbocycles. The van der Waals surface area contributed by atoms with Gasteiger partial charge in [-0.15, -0.1) is 0 Å². The zero-order chi connectivity index (χ0) is 20.2. The van der Waals surface area contributed by atoms with E-state index in [9.17, 15) is 4.79 Å². The molecule has 0 aliphatic carbocycles. The lowest BCUT2D eigenvalue weighted by Crippen LogP contribution is -2.49. The van der Waals surface area contributed by atoms with Gasteiger partial charge in [0, 0.05) is 23.1 Å². The highest BCUT2D eigenvalue weighted by molar-refractivity contribution is 5.89. The third-order valence-electron chi connectivity index (χ3n) is 4.63. The molecular weight excluding hydrogens is 364 g/mol. The van der Waals surface area contributed by atoms with Gasteiger partial charge in [0.1, 0.15) is 5.82 Å². The van der Waals surface area contributed by atoms with Crippen molar-refractivity contribution in [3.8, 4) is 6.07 Å². The van der Waals surface area contributed by atoms with E-state index in [1.807, 2.05) is 48.5 Å². The van der Waals surface area contributed by atoms with E-state index >= 15 is 0 Å². The highest BCUT2D eigenvalue weighted by atomic mass is 16.5. The lowest BCUT2D eigenvalue weighted by atomic mass is 10.0. The van der Waals surface area contributed by atoms with Gasteiger partial charge in [0.05, 0.1) is 30.0 Å². The van der Waals surface area contributed by atoms with Gasteiger partial charge in [0.25, 0.3) is 0 Å². The number of hydrogen-bond donors (Lipinski definition) is 3. The summed E-state index contributed by atoms with van der Waals surface area (Å²) in [6.07, 6.45) is 0. The molecule has 3 N–H and O–H groups in total. The fourth-order valence-electron chi connectivity index (χ4n) is 3.21. The number of methoxy groups -OCH3 is 1. The monoisotopic (exact) mass is 384 g/mol. The molecule has 0 radical (unpaired) electrons. The molecule has 0 fully saturated rings. The number of esters is 1. The maximum Gasteiger partial charge on any atom is 0.337 e. The van der Waals surface area contributed by atoms with E-state index in [0.29, 0.717) is 11.1 Å². The van der Waals surface area contributed by atoms with Gasteiger partial charge in [-0.3, -0.25) is 10.9 Å². The number of hydrogen-bond acceptors (Lipinski definition) is 6. The van der Waals surface area contributed by atoms with E-state index in [4.69, 9.17) is 10.00 Å². The van der Waals surface area contributed by atoms with E-state index in [0.717, 1.165) is 33.2 Å². The second-order valence-electron chi connectivity index (χ2n) is 6.43. The topological polar surface area (TPSA) is 86.2 Å². The molecular formula is C23H20N4O2. The summed E-state index contributed by atoms with van der Waals surface area (Å²) in [5.41, 5.74) is 10.2. The van der Waals surface area contributed by atoms with Crippen LogP contribution in [0.15, 0.2) is 72.8 Å². The molecule has 0 amide bonds. The van der Waals surface area contributed by atoms with Crippen molar-refractivity contribution in [2.24, 2.45) is 0 Å². The third-order valence-corrected chi connectivity index (χ3v) is 4.63. The second-order valence-corrected chi connectivity index (χ2v) is 6.43. The first-order chi connectivity index (χ1) is 14.2. The highest BCUT2D eigenvalue weighted by Crippen LogP contribution is 2.14. The Morgan fingerprint density at radius 3 is 2.48 bits per heavy atom. The minimum atomic E-state index is -0.365. The molecule has 0 atom stereocenters. The van der Waals surface area contributed by atoms with Crippen LogP contribution in [-0.4, -0.2) is 13.1 Å². The van der Waals surface area contributed by atoms with Crippen molar-refractivity contribution in [3.63, 3.8) is 0 Å². The normalized spacial score (nSPS) is 12.1. The standard InChI is InChI=1S/C23H18N4O2.H2/c1-29-23(28)17-11-9-16(10-12-17)21-19-7-2-3-8-20(19)22(27-26-21)25-18-6-4-5-15(13-18)14-24;/h2-13,25-27H,1H3;1H. The zero-order valence-corrected chi connectivity index (χ0v) is 15.7. The average Bonchev–Trinajstić information content (AvgIpc) is 2.79.